The van der Waals surface area contributed by atoms with Gasteiger partial charge in [0.2, 0.25) is 0 Å². The van der Waals surface area contributed by atoms with Crippen LogP contribution >= 0.6 is 0 Å². The minimum absolute atomic E-state index is 0.107. The van der Waals surface area contributed by atoms with Crippen LogP contribution in [0.25, 0.3) is 11.4 Å². The van der Waals surface area contributed by atoms with Gasteiger partial charge in [-0.25, -0.2) is 4.68 Å². The van der Waals surface area contributed by atoms with E-state index in [4.69, 9.17) is 5.26 Å². The normalized spacial score (nSPS) is 10.5. The molecule has 0 aliphatic rings. The van der Waals surface area contributed by atoms with Gasteiger partial charge >= 0.3 is 6.55 Å². The molecular formula is C11H8F2N4. The van der Waals surface area contributed by atoms with Crippen LogP contribution in [-0.2, 0) is 6.42 Å². The summed E-state index contributed by atoms with van der Waals surface area (Å²) in [5.74, 6) is 0. The van der Waals surface area contributed by atoms with Crippen LogP contribution in [0.3, 0.4) is 0 Å². The van der Waals surface area contributed by atoms with Crippen LogP contribution in [0, 0.1) is 11.3 Å². The molecule has 0 aromatic carbocycles. The van der Waals surface area contributed by atoms with Crippen molar-refractivity contribution in [3.8, 4) is 17.5 Å². The first-order chi connectivity index (χ1) is 8.22. The number of pyridine rings is 1. The van der Waals surface area contributed by atoms with Crippen LogP contribution < -0.4 is 0 Å². The van der Waals surface area contributed by atoms with Gasteiger partial charge in [0, 0.05) is 6.20 Å². The van der Waals surface area contributed by atoms with E-state index in [0.717, 1.165) is 0 Å². The van der Waals surface area contributed by atoms with E-state index in [1.807, 2.05) is 6.07 Å². The van der Waals surface area contributed by atoms with Gasteiger partial charge in [-0.15, -0.1) is 0 Å². The summed E-state index contributed by atoms with van der Waals surface area (Å²) in [5.41, 5.74) is 1.03. The second-order valence-corrected chi connectivity index (χ2v) is 3.29. The molecule has 6 heteroatoms. The molecular weight excluding hydrogens is 226 g/mol. The summed E-state index contributed by atoms with van der Waals surface area (Å²) >= 11 is 0. The molecule has 0 atom stereocenters. The highest BCUT2D eigenvalue weighted by Gasteiger charge is 2.16. The Labute approximate surface area is 96.1 Å². The van der Waals surface area contributed by atoms with Crippen molar-refractivity contribution in [1.29, 1.82) is 5.26 Å². The Morgan fingerprint density at radius 1 is 1.35 bits per heavy atom. The van der Waals surface area contributed by atoms with E-state index in [-0.39, 0.29) is 12.1 Å². The second kappa shape index (κ2) is 4.70. The van der Waals surface area contributed by atoms with Gasteiger partial charge in [-0.3, -0.25) is 4.98 Å². The summed E-state index contributed by atoms with van der Waals surface area (Å²) in [6.45, 7) is -2.75. The Hall–Kier alpha value is -2.29. The zero-order valence-electron chi connectivity index (χ0n) is 8.72. The van der Waals surface area contributed by atoms with Gasteiger partial charge in [0.05, 0.1) is 23.9 Å². The van der Waals surface area contributed by atoms with Crippen molar-refractivity contribution in [3.05, 3.63) is 36.2 Å². The van der Waals surface area contributed by atoms with Crippen LogP contribution in [0.2, 0.25) is 0 Å². The number of nitriles is 1. The molecule has 0 unspecified atom stereocenters. The maximum atomic E-state index is 12.7. The Kier molecular flexibility index (Phi) is 3.10. The first kappa shape index (κ1) is 11.2. The van der Waals surface area contributed by atoms with Crippen LogP contribution in [0.15, 0.2) is 30.5 Å². The number of rotatable bonds is 3. The molecule has 0 aliphatic carbocycles. The first-order valence-corrected chi connectivity index (χ1v) is 4.87. The minimum atomic E-state index is -2.75. The quantitative estimate of drug-likeness (QED) is 0.819. The summed E-state index contributed by atoms with van der Waals surface area (Å²) in [6, 6.07) is 8.43. The molecule has 2 heterocycles. The Morgan fingerprint density at radius 3 is 2.76 bits per heavy atom. The van der Waals surface area contributed by atoms with E-state index in [2.05, 4.69) is 10.1 Å². The van der Waals surface area contributed by atoms with Crippen molar-refractivity contribution in [3.63, 3.8) is 0 Å². The summed E-state index contributed by atoms with van der Waals surface area (Å²) in [4.78, 5) is 4.02. The predicted molar refractivity (Wildman–Crippen MR) is 56.0 cm³/mol. The molecule has 0 radical (unpaired) electrons. The van der Waals surface area contributed by atoms with Gasteiger partial charge in [-0.2, -0.15) is 19.1 Å². The molecule has 0 saturated carbocycles. The van der Waals surface area contributed by atoms with E-state index in [0.29, 0.717) is 16.1 Å². The third-order valence-electron chi connectivity index (χ3n) is 2.19. The summed E-state index contributed by atoms with van der Waals surface area (Å²) in [6.07, 6.45) is 1.45. The third-order valence-corrected chi connectivity index (χ3v) is 2.19. The fraction of sp³-hybridized carbons (Fsp3) is 0.182. The van der Waals surface area contributed by atoms with Crippen molar-refractivity contribution < 1.29 is 8.78 Å². The van der Waals surface area contributed by atoms with Crippen molar-refractivity contribution in [1.82, 2.24) is 14.8 Å². The highest BCUT2D eigenvalue weighted by atomic mass is 19.3. The van der Waals surface area contributed by atoms with Crippen LogP contribution in [0.1, 0.15) is 12.2 Å². The molecule has 17 heavy (non-hydrogen) atoms. The molecule has 0 aliphatic heterocycles. The smallest absolute Gasteiger partial charge is 0.255 e. The van der Waals surface area contributed by atoms with Gasteiger partial charge < -0.3 is 0 Å². The zero-order valence-corrected chi connectivity index (χ0v) is 8.72. The molecule has 0 bridgehead atoms. The molecule has 2 aromatic heterocycles. The third kappa shape index (κ3) is 2.28. The SMILES string of the molecule is N#CCc1cc(-c2ccccn2)nn1C(F)F. The van der Waals surface area contributed by atoms with Gasteiger partial charge in [0.15, 0.2) is 0 Å². The highest BCUT2D eigenvalue weighted by molar-refractivity contribution is 5.54. The van der Waals surface area contributed by atoms with Gasteiger partial charge in [-0.1, -0.05) is 6.07 Å². The number of alkyl halides is 2. The first-order valence-electron chi connectivity index (χ1n) is 4.87. The van der Waals surface area contributed by atoms with Crippen molar-refractivity contribution in [2.75, 3.05) is 0 Å². The maximum Gasteiger partial charge on any atom is 0.333 e. The Balaban J connectivity index is 2.44. The van der Waals surface area contributed by atoms with E-state index < -0.39 is 6.55 Å². The lowest BCUT2D eigenvalue weighted by molar-refractivity contribution is 0.0542. The Bertz CT molecular complexity index is 542. The Morgan fingerprint density at radius 2 is 2.18 bits per heavy atom. The number of halogens is 2. The lowest BCUT2D eigenvalue weighted by atomic mass is 10.2. The monoisotopic (exact) mass is 234 g/mol. The summed E-state index contributed by atoms with van der Waals surface area (Å²) < 4.78 is 25.9. The average Bonchev–Trinajstić information content (AvgIpc) is 2.75. The van der Waals surface area contributed by atoms with E-state index >= 15 is 0 Å². The molecule has 0 spiro atoms. The predicted octanol–water partition coefficient (Wildman–Crippen LogP) is 2.41. The molecule has 86 valence electrons. The summed E-state index contributed by atoms with van der Waals surface area (Å²) in [5, 5.41) is 12.3. The van der Waals surface area contributed by atoms with Gasteiger partial charge in [0.25, 0.3) is 0 Å². The highest BCUT2D eigenvalue weighted by Crippen LogP contribution is 2.21. The molecule has 0 saturated heterocycles. The van der Waals surface area contributed by atoms with E-state index in [9.17, 15) is 8.78 Å². The van der Waals surface area contributed by atoms with Crippen LogP contribution in [0.4, 0.5) is 8.78 Å². The van der Waals surface area contributed by atoms with Crippen LogP contribution in [-0.4, -0.2) is 14.8 Å². The van der Waals surface area contributed by atoms with Crippen LogP contribution in [0.5, 0.6) is 0 Å². The van der Waals surface area contributed by atoms with Gasteiger partial charge in [-0.05, 0) is 18.2 Å². The molecule has 0 fully saturated rings. The average molecular weight is 234 g/mol. The fourth-order valence-corrected chi connectivity index (χ4v) is 1.45. The topological polar surface area (TPSA) is 54.5 Å². The minimum Gasteiger partial charge on any atom is -0.255 e. The summed E-state index contributed by atoms with van der Waals surface area (Å²) in [7, 11) is 0. The number of hydrogen-bond donors (Lipinski definition) is 0. The number of hydrogen-bond acceptors (Lipinski definition) is 3. The standard InChI is InChI=1S/C11H8F2N4/c12-11(13)17-8(4-5-14)7-10(16-17)9-3-1-2-6-15-9/h1-3,6-7,11H,4H2. The van der Waals surface area contributed by atoms with Crippen molar-refractivity contribution in [2.24, 2.45) is 0 Å². The maximum absolute atomic E-state index is 12.7. The zero-order chi connectivity index (χ0) is 12.3. The largest absolute Gasteiger partial charge is 0.333 e. The number of aromatic nitrogens is 3. The van der Waals surface area contributed by atoms with Crippen molar-refractivity contribution in [2.45, 2.75) is 13.0 Å². The van der Waals surface area contributed by atoms with E-state index in [1.165, 1.54) is 6.07 Å². The molecule has 2 rings (SSSR count). The fourth-order valence-electron chi connectivity index (χ4n) is 1.45. The molecule has 4 nitrogen and oxygen atoms in total. The molecule has 2 aromatic rings. The van der Waals surface area contributed by atoms with Gasteiger partial charge in [0.1, 0.15) is 5.69 Å². The molecule has 0 amide bonds. The molecule has 0 N–H and O–H groups in total. The number of nitrogens with zero attached hydrogens (tertiary/aromatic N) is 4. The van der Waals surface area contributed by atoms with Crippen molar-refractivity contribution >= 4 is 0 Å². The lowest BCUT2D eigenvalue weighted by Gasteiger charge is -2.01. The second-order valence-electron chi connectivity index (χ2n) is 3.29. The van der Waals surface area contributed by atoms with E-state index in [1.54, 1.807) is 24.4 Å². The lowest BCUT2D eigenvalue weighted by Crippen LogP contribution is -2.04.